The Hall–Kier alpha value is -0.380. The van der Waals surface area contributed by atoms with Crippen molar-refractivity contribution in [2.45, 2.75) is 19.2 Å². The molecule has 0 rings (SSSR count). The zero-order chi connectivity index (χ0) is 12.3. The molecule has 0 amide bonds. The molecule has 9 heteroatoms. The highest BCUT2D eigenvalue weighted by Gasteiger charge is 2.30. The van der Waals surface area contributed by atoms with Gasteiger partial charge >= 0.3 is 6.18 Å². The molecule has 0 spiro atoms. The number of rotatable bonds is 5. The highest BCUT2D eigenvalue weighted by atomic mass is 32.2. The van der Waals surface area contributed by atoms with Gasteiger partial charge in [0.2, 0.25) is 0 Å². The molecule has 0 radical (unpaired) electrons. The molecule has 0 aromatic rings. The van der Waals surface area contributed by atoms with Crippen molar-refractivity contribution in [3.63, 3.8) is 0 Å². The molecule has 2 N–H and O–H groups in total. The lowest BCUT2D eigenvalue weighted by Gasteiger charge is -2.19. The second-order valence-electron chi connectivity index (χ2n) is 3.07. The first kappa shape index (κ1) is 14.6. The lowest BCUT2D eigenvalue weighted by molar-refractivity contribution is -0.121. The molecule has 0 aromatic carbocycles. The average molecular weight is 250 g/mol. The third-order valence-corrected chi connectivity index (χ3v) is 2.87. The van der Waals surface area contributed by atoms with E-state index in [0.717, 1.165) is 7.05 Å². The maximum absolute atomic E-state index is 11.7. The summed E-state index contributed by atoms with van der Waals surface area (Å²) >= 11 is 0. The van der Waals surface area contributed by atoms with Gasteiger partial charge in [0.15, 0.2) is 0 Å². The monoisotopic (exact) mass is 250 g/mol. The van der Waals surface area contributed by atoms with E-state index in [1.165, 1.54) is 11.6 Å². The van der Waals surface area contributed by atoms with Gasteiger partial charge in [0.05, 0.1) is 6.10 Å². The number of hydrogen-bond donors (Lipinski definition) is 2. The Morgan fingerprint density at radius 3 is 2.27 bits per heavy atom. The Labute approximate surface area is 86.1 Å². The summed E-state index contributed by atoms with van der Waals surface area (Å²) in [6, 6.07) is 0. The van der Waals surface area contributed by atoms with Gasteiger partial charge in [-0.05, 0) is 6.92 Å². The fourth-order valence-electron chi connectivity index (χ4n) is 0.753. The minimum absolute atomic E-state index is 0.271. The molecule has 0 heterocycles. The topological polar surface area (TPSA) is 69.6 Å². The zero-order valence-corrected chi connectivity index (χ0v) is 9.06. The van der Waals surface area contributed by atoms with Crippen molar-refractivity contribution in [2.24, 2.45) is 0 Å². The van der Waals surface area contributed by atoms with Gasteiger partial charge in [-0.1, -0.05) is 0 Å². The van der Waals surface area contributed by atoms with Crippen LogP contribution in [0, 0.1) is 0 Å². The summed E-state index contributed by atoms with van der Waals surface area (Å²) < 4.78 is 59.4. The van der Waals surface area contributed by atoms with Crippen LogP contribution in [0.3, 0.4) is 0 Å². The molecule has 0 saturated carbocycles. The van der Waals surface area contributed by atoms with Crippen LogP contribution in [0.5, 0.6) is 0 Å². The Morgan fingerprint density at radius 2 is 1.93 bits per heavy atom. The van der Waals surface area contributed by atoms with E-state index >= 15 is 0 Å². The summed E-state index contributed by atoms with van der Waals surface area (Å²) in [7, 11) is -3.11. The van der Waals surface area contributed by atoms with Gasteiger partial charge in [0, 0.05) is 13.6 Å². The summed E-state index contributed by atoms with van der Waals surface area (Å²) in [6.07, 6.45) is -5.55. The first-order chi connectivity index (χ1) is 6.54. The van der Waals surface area contributed by atoms with Crippen molar-refractivity contribution in [3.8, 4) is 0 Å². The molecule has 0 bridgehead atoms. The van der Waals surface area contributed by atoms with Crippen molar-refractivity contribution < 1.29 is 26.7 Å². The van der Waals surface area contributed by atoms with Crippen LogP contribution in [-0.2, 0) is 10.2 Å². The number of aliphatic hydroxyl groups is 1. The van der Waals surface area contributed by atoms with Gasteiger partial charge in [0.25, 0.3) is 10.2 Å². The molecule has 0 aliphatic rings. The molecule has 5 nitrogen and oxygen atoms in total. The maximum Gasteiger partial charge on any atom is 0.402 e. The number of halogens is 3. The van der Waals surface area contributed by atoms with Crippen molar-refractivity contribution in [2.75, 3.05) is 20.1 Å². The molecule has 0 aromatic heterocycles. The zero-order valence-electron chi connectivity index (χ0n) is 8.24. The molecule has 92 valence electrons. The molecule has 0 aliphatic carbocycles. The van der Waals surface area contributed by atoms with Gasteiger partial charge in [-0.3, -0.25) is 0 Å². The average Bonchev–Trinajstić information content (AvgIpc) is 1.98. The SMILES string of the molecule is CC(O)CN(C)S(=O)(=O)NCC(F)(F)F. The number of hydrogen-bond acceptors (Lipinski definition) is 3. The summed E-state index contributed by atoms with van der Waals surface area (Å²) in [6.45, 7) is -0.567. The predicted molar refractivity (Wildman–Crippen MR) is 47.3 cm³/mol. The van der Waals surface area contributed by atoms with Crippen LogP contribution in [0.25, 0.3) is 0 Å². The van der Waals surface area contributed by atoms with E-state index in [1.807, 2.05) is 0 Å². The van der Waals surface area contributed by atoms with Crippen LogP contribution in [0.15, 0.2) is 0 Å². The predicted octanol–water partition coefficient (Wildman–Crippen LogP) is -0.304. The number of nitrogens with zero attached hydrogens (tertiary/aromatic N) is 1. The molecule has 0 aliphatic heterocycles. The highest BCUT2D eigenvalue weighted by molar-refractivity contribution is 7.87. The Balaban J connectivity index is 4.31. The summed E-state index contributed by atoms with van der Waals surface area (Å²) in [5.41, 5.74) is 0. The van der Waals surface area contributed by atoms with Gasteiger partial charge in [-0.15, -0.1) is 0 Å². The molecular formula is C6H13F3N2O3S. The van der Waals surface area contributed by atoms with E-state index in [-0.39, 0.29) is 6.54 Å². The van der Waals surface area contributed by atoms with Crippen LogP contribution >= 0.6 is 0 Å². The van der Waals surface area contributed by atoms with Crippen molar-refractivity contribution in [3.05, 3.63) is 0 Å². The fourth-order valence-corrected chi connectivity index (χ4v) is 1.73. The summed E-state index contributed by atoms with van der Waals surface area (Å²) in [4.78, 5) is 0. The second-order valence-corrected chi connectivity index (χ2v) is 4.93. The van der Waals surface area contributed by atoms with Crippen LogP contribution < -0.4 is 4.72 Å². The highest BCUT2D eigenvalue weighted by Crippen LogP contribution is 2.13. The van der Waals surface area contributed by atoms with Crippen LogP contribution in [0.1, 0.15) is 6.92 Å². The van der Waals surface area contributed by atoms with Gasteiger partial charge < -0.3 is 5.11 Å². The van der Waals surface area contributed by atoms with E-state index in [0.29, 0.717) is 4.31 Å². The number of nitrogens with one attached hydrogen (secondary N) is 1. The van der Waals surface area contributed by atoms with Crippen LogP contribution in [-0.4, -0.2) is 50.2 Å². The third kappa shape index (κ3) is 6.66. The maximum atomic E-state index is 11.7. The first-order valence-electron chi connectivity index (χ1n) is 4.00. The van der Waals surface area contributed by atoms with Gasteiger partial charge in [-0.2, -0.15) is 30.6 Å². The molecule has 1 unspecified atom stereocenters. The first-order valence-corrected chi connectivity index (χ1v) is 5.44. The van der Waals surface area contributed by atoms with Gasteiger partial charge in [-0.25, -0.2) is 0 Å². The largest absolute Gasteiger partial charge is 0.402 e. The third-order valence-electron chi connectivity index (χ3n) is 1.39. The number of aliphatic hydroxyl groups excluding tert-OH is 1. The molecule has 1 atom stereocenters. The summed E-state index contributed by atoms with van der Waals surface area (Å²) in [5.74, 6) is 0. The number of alkyl halides is 3. The smallest absolute Gasteiger partial charge is 0.392 e. The minimum atomic E-state index is -4.60. The molecular weight excluding hydrogens is 237 g/mol. The van der Waals surface area contributed by atoms with Crippen LogP contribution in [0.4, 0.5) is 13.2 Å². The molecule has 15 heavy (non-hydrogen) atoms. The normalized spacial score (nSPS) is 15.7. The number of likely N-dealkylation sites (N-methyl/N-ethyl adjacent to an activating group) is 1. The molecule has 0 saturated heterocycles. The summed E-state index contributed by atoms with van der Waals surface area (Å²) in [5, 5.41) is 8.86. The van der Waals surface area contributed by atoms with E-state index < -0.39 is 29.0 Å². The standard InChI is InChI=1S/C6H13F3N2O3S/c1-5(12)3-11(2)15(13,14)10-4-6(7,8)9/h5,10,12H,3-4H2,1-2H3. The van der Waals surface area contributed by atoms with E-state index in [4.69, 9.17) is 5.11 Å². The lowest BCUT2D eigenvalue weighted by atomic mass is 10.4. The quantitative estimate of drug-likeness (QED) is 0.703. The Morgan fingerprint density at radius 1 is 1.47 bits per heavy atom. The molecule has 0 fully saturated rings. The van der Waals surface area contributed by atoms with E-state index in [1.54, 1.807) is 0 Å². The lowest BCUT2D eigenvalue weighted by Crippen LogP contribution is -2.44. The Kier molecular flexibility index (Phi) is 4.97. The van der Waals surface area contributed by atoms with Crippen LogP contribution in [0.2, 0.25) is 0 Å². The van der Waals surface area contributed by atoms with Crippen molar-refractivity contribution in [1.82, 2.24) is 9.03 Å². The minimum Gasteiger partial charge on any atom is -0.392 e. The van der Waals surface area contributed by atoms with E-state index in [2.05, 4.69) is 0 Å². The fraction of sp³-hybridized carbons (Fsp3) is 1.00. The van der Waals surface area contributed by atoms with Crippen molar-refractivity contribution in [1.29, 1.82) is 0 Å². The second kappa shape index (κ2) is 5.10. The van der Waals surface area contributed by atoms with Crippen molar-refractivity contribution >= 4 is 10.2 Å². The van der Waals surface area contributed by atoms with Gasteiger partial charge in [0.1, 0.15) is 6.54 Å². The van der Waals surface area contributed by atoms with E-state index in [9.17, 15) is 21.6 Å². The Bertz CT molecular complexity index is 288.